The molecule has 0 spiro atoms. The molecule has 0 fully saturated rings. The summed E-state index contributed by atoms with van der Waals surface area (Å²) in [5, 5.41) is 3.82. The molecule has 7 aliphatic rings. The predicted molar refractivity (Wildman–Crippen MR) is 128 cm³/mol. The summed E-state index contributed by atoms with van der Waals surface area (Å²) < 4.78 is 0. The van der Waals surface area contributed by atoms with Crippen LogP contribution in [0.4, 0.5) is 0 Å². The highest BCUT2D eigenvalue weighted by atomic mass is 14.5. The number of hydrogen-bond acceptors (Lipinski definition) is 0. The highest BCUT2D eigenvalue weighted by Gasteiger charge is 2.47. The van der Waals surface area contributed by atoms with Crippen molar-refractivity contribution < 1.29 is 0 Å². The normalized spacial score (nSPS) is 38.3. The summed E-state index contributed by atoms with van der Waals surface area (Å²) in [7, 11) is 0. The van der Waals surface area contributed by atoms with E-state index >= 15 is 0 Å². The van der Waals surface area contributed by atoms with E-state index in [0.29, 0.717) is 0 Å². The van der Waals surface area contributed by atoms with Gasteiger partial charge < -0.3 is 0 Å². The largest absolute Gasteiger partial charge is 0.0486 e. The van der Waals surface area contributed by atoms with Crippen LogP contribution in [-0.4, -0.2) is 0 Å². The van der Waals surface area contributed by atoms with Gasteiger partial charge in [0.2, 0.25) is 0 Å². The van der Waals surface area contributed by atoms with Gasteiger partial charge in [-0.3, -0.25) is 0 Å². The Morgan fingerprint density at radius 2 is 0.774 bits per heavy atom. The molecule has 0 saturated heterocycles. The van der Waals surface area contributed by atoms with E-state index in [1.165, 1.54) is 96.3 Å². The third-order valence-electron chi connectivity index (χ3n) is 11.6. The Balaban J connectivity index is 1.54. The number of hydrogen-bond donors (Lipinski definition) is 0. The van der Waals surface area contributed by atoms with Gasteiger partial charge in [0.15, 0.2) is 0 Å². The maximum Gasteiger partial charge on any atom is -0.0102 e. The first-order chi connectivity index (χ1) is 15.4. The smallest absolute Gasteiger partial charge is 0.0102 e. The SMILES string of the molecule is C1Cc2c3c4c5c6c7c8c9c(c26)CCCC9CCC8CCC7CC5CCC4CCC3C1. The second kappa shape index (κ2) is 5.78. The maximum atomic E-state index is 1.97. The molecule has 0 aromatic heterocycles. The van der Waals surface area contributed by atoms with E-state index < -0.39 is 0 Å². The number of rotatable bonds is 0. The van der Waals surface area contributed by atoms with Crippen molar-refractivity contribution in [2.75, 3.05) is 0 Å². The van der Waals surface area contributed by atoms with Gasteiger partial charge in [-0.2, -0.15) is 0 Å². The zero-order chi connectivity index (χ0) is 19.8. The van der Waals surface area contributed by atoms with Crippen LogP contribution in [0.2, 0.25) is 0 Å². The molecule has 0 radical (unpaired) electrons. The predicted octanol–water partition coefficient (Wildman–Crippen LogP) is 8.59. The van der Waals surface area contributed by atoms with Gasteiger partial charge in [-0.1, -0.05) is 0 Å². The Kier molecular flexibility index (Phi) is 3.21. The van der Waals surface area contributed by atoms with Gasteiger partial charge in [-0.25, -0.2) is 0 Å². The average molecular weight is 409 g/mol. The van der Waals surface area contributed by atoms with Gasteiger partial charge in [0, 0.05) is 0 Å². The van der Waals surface area contributed by atoms with Crippen molar-refractivity contribution >= 4 is 10.8 Å². The zero-order valence-electron chi connectivity index (χ0n) is 19.1. The minimum atomic E-state index is 0.905. The molecule has 6 atom stereocenters. The second-order valence-electron chi connectivity index (χ2n) is 12.7. The topological polar surface area (TPSA) is 0 Å². The Hall–Kier alpha value is -1.30. The molecule has 6 unspecified atom stereocenters. The van der Waals surface area contributed by atoms with E-state index in [0.717, 1.165) is 35.5 Å². The van der Waals surface area contributed by atoms with Crippen LogP contribution in [0.5, 0.6) is 0 Å². The molecule has 31 heavy (non-hydrogen) atoms. The highest BCUT2D eigenvalue weighted by Crippen LogP contribution is 2.65. The molecule has 0 saturated carbocycles. The summed E-state index contributed by atoms with van der Waals surface area (Å²) >= 11 is 0. The first-order valence-electron chi connectivity index (χ1n) is 14.1. The molecule has 0 bridgehead atoms. The van der Waals surface area contributed by atoms with Crippen LogP contribution in [0.1, 0.15) is 163 Å². The monoisotopic (exact) mass is 408 g/mol. The fraction of sp³-hybridized carbons (Fsp3) is 0.677. The first kappa shape index (κ1) is 17.2. The van der Waals surface area contributed by atoms with E-state index in [1.807, 2.05) is 55.3 Å². The second-order valence-corrected chi connectivity index (χ2v) is 12.7. The van der Waals surface area contributed by atoms with E-state index in [4.69, 9.17) is 0 Å². The fourth-order valence-electron chi connectivity index (χ4n) is 10.7. The van der Waals surface area contributed by atoms with Crippen LogP contribution >= 0.6 is 0 Å². The molecule has 9 rings (SSSR count). The lowest BCUT2D eigenvalue weighted by Crippen LogP contribution is -2.33. The van der Waals surface area contributed by atoms with Crippen LogP contribution in [0, 0.1) is 0 Å². The standard InChI is InChI=1S/C31H36/c1-3-16-7-9-18-11-13-20-15-21-14-12-19-10-8-17-4-2-6-23-25(17)27(19)29(21)31-28(20)26(18)24(16)22(5-1)30(23)31/h16-21H,1-15H2. The number of fused-ring (bicyclic) bond motifs is 2. The van der Waals surface area contributed by atoms with Gasteiger partial charge in [0.25, 0.3) is 0 Å². The molecular formula is C31H36. The number of benzene rings is 2. The van der Waals surface area contributed by atoms with Crippen molar-refractivity contribution in [2.45, 2.75) is 132 Å². The van der Waals surface area contributed by atoms with Crippen LogP contribution < -0.4 is 0 Å². The summed E-state index contributed by atoms with van der Waals surface area (Å²) in [5.74, 6) is 5.48. The average Bonchev–Trinajstić information content (AvgIpc) is 2.83. The molecular weight excluding hydrogens is 372 g/mol. The Morgan fingerprint density at radius 1 is 0.355 bits per heavy atom. The Morgan fingerprint density at radius 3 is 1.26 bits per heavy atom. The fourth-order valence-corrected chi connectivity index (χ4v) is 10.7. The minimum Gasteiger partial charge on any atom is -0.0486 e. The number of aryl methyl sites for hydroxylation is 2. The van der Waals surface area contributed by atoms with Crippen LogP contribution in [0.3, 0.4) is 0 Å². The van der Waals surface area contributed by atoms with Crippen LogP contribution in [-0.2, 0) is 12.8 Å². The lowest BCUT2D eigenvalue weighted by molar-refractivity contribution is 0.335. The third kappa shape index (κ3) is 1.94. The molecule has 0 aliphatic heterocycles. The van der Waals surface area contributed by atoms with Gasteiger partial charge in [-0.05, 0) is 187 Å². The minimum absolute atomic E-state index is 0.905. The first-order valence-corrected chi connectivity index (χ1v) is 14.1. The molecule has 0 heteroatoms. The maximum absolute atomic E-state index is 1.97. The van der Waals surface area contributed by atoms with E-state index in [1.54, 1.807) is 0 Å². The van der Waals surface area contributed by atoms with Crippen LogP contribution in [0.25, 0.3) is 10.8 Å². The molecule has 7 aliphatic carbocycles. The van der Waals surface area contributed by atoms with Gasteiger partial charge in [0.05, 0.1) is 0 Å². The van der Waals surface area contributed by atoms with Crippen molar-refractivity contribution in [3.63, 3.8) is 0 Å². The van der Waals surface area contributed by atoms with Gasteiger partial charge >= 0.3 is 0 Å². The highest BCUT2D eigenvalue weighted by molar-refractivity contribution is 6.01. The van der Waals surface area contributed by atoms with Gasteiger partial charge in [-0.15, -0.1) is 0 Å². The Labute approximate surface area is 187 Å². The van der Waals surface area contributed by atoms with E-state index in [-0.39, 0.29) is 0 Å². The van der Waals surface area contributed by atoms with Crippen molar-refractivity contribution in [3.8, 4) is 0 Å². The lowest BCUT2D eigenvalue weighted by Gasteiger charge is -2.51. The summed E-state index contributed by atoms with van der Waals surface area (Å²) in [6, 6.07) is 0. The summed E-state index contributed by atoms with van der Waals surface area (Å²) in [5.41, 5.74) is 15.6. The van der Waals surface area contributed by atoms with E-state index in [2.05, 4.69) is 0 Å². The zero-order valence-corrected chi connectivity index (χ0v) is 19.1. The van der Waals surface area contributed by atoms with Gasteiger partial charge in [0.1, 0.15) is 0 Å². The molecule has 2 aromatic carbocycles. The van der Waals surface area contributed by atoms with Crippen molar-refractivity contribution in [3.05, 3.63) is 44.5 Å². The summed E-state index contributed by atoms with van der Waals surface area (Å²) in [6.07, 6.45) is 22.2. The molecule has 0 N–H and O–H groups in total. The Bertz CT molecular complexity index is 1080. The van der Waals surface area contributed by atoms with Crippen molar-refractivity contribution in [1.82, 2.24) is 0 Å². The molecule has 0 nitrogen and oxygen atoms in total. The lowest BCUT2D eigenvalue weighted by atomic mass is 9.54. The molecule has 2 aromatic rings. The summed E-state index contributed by atoms with van der Waals surface area (Å²) in [6.45, 7) is 0. The van der Waals surface area contributed by atoms with E-state index in [9.17, 15) is 0 Å². The quantitative estimate of drug-likeness (QED) is 0.409. The molecule has 0 heterocycles. The third-order valence-corrected chi connectivity index (χ3v) is 11.6. The molecule has 160 valence electrons. The van der Waals surface area contributed by atoms with Crippen LogP contribution in [0.15, 0.2) is 0 Å². The molecule has 0 amide bonds. The van der Waals surface area contributed by atoms with Crippen molar-refractivity contribution in [1.29, 1.82) is 0 Å². The van der Waals surface area contributed by atoms with Crippen molar-refractivity contribution in [2.24, 2.45) is 0 Å². The summed E-state index contributed by atoms with van der Waals surface area (Å²) in [4.78, 5) is 0.